The fourth-order valence-corrected chi connectivity index (χ4v) is 2.72. The van der Waals surface area contributed by atoms with E-state index >= 15 is 0 Å². The van der Waals surface area contributed by atoms with Crippen LogP contribution < -0.4 is 0 Å². The Morgan fingerprint density at radius 3 is 2.61 bits per heavy atom. The number of benzene rings is 1. The molecule has 0 saturated carbocycles. The second-order valence-corrected chi connectivity index (χ2v) is 5.15. The highest BCUT2D eigenvalue weighted by Gasteiger charge is 2.37. The van der Waals surface area contributed by atoms with Gasteiger partial charge in [-0.2, -0.15) is 0 Å². The SMILES string of the molecule is COC(=O)C1CN(C(C)c2ccccc2)CC1C. The zero-order valence-electron chi connectivity index (χ0n) is 11.3. The van der Waals surface area contributed by atoms with Gasteiger partial charge < -0.3 is 4.74 Å². The summed E-state index contributed by atoms with van der Waals surface area (Å²) in [7, 11) is 1.47. The topological polar surface area (TPSA) is 29.5 Å². The van der Waals surface area contributed by atoms with Crippen molar-refractivity contribution in [1.29, 1.82) is 0 Å². The van der Waals surface area contributed by atoms with E-state index in [1.165, 1.54) is 12.7 Å². The Morgan fingerprint density at radius 2 is 2.00 bits per heavy atom. The molecule has 0 bridgehead atoms. The summed E-state index contributed by atoms with van der Waals surface area (Å²) in [6, 6.07) is 10.8. The summed E-state index contributed by atoms with van der Waals surface area (Å²) in [6.45, 7) is 6.07. The van der Waals surface area contributed by atoms with Gasteiger partial charge in [-0.15, -0.1) is 0 Å². The summed E-state index contributed by atoms with van der Waals surface area (Å²) >= 11 is 0. The maximum atomic E-state index is 11.7. The highest BCUT2D eigenvalue weighted by atomic mass is 16.5. The highest BCUT2D eigenvalue weighted by Crippen LogP contribution is 2.31. The van der Waals surface area contributed by atoms with E-state index in [0.29, 0.717) is 12.0 Å². The molecule has 3 heteroatoms. The summed E-state index contributed by atoms with van der Waals surface area (Å²) in [4.78, 5) is 14.0. The van der Waals surface area contributed by atoms with Gasteiger partial charge in [0.25, 0.3) is 0 Å². The third-order valence-corrected chi connectivity index (χ3v) is 3.97. The van der Waals surface area contributed by atoms with Gasteiger partial charge in [-0.1, -0.05) is 37.3 Å². The van der Waals surface area contributed by atoms with E-state index in [1.54, 1.807) is 0 Å². The van der Waals surface area contributed by atoms with Crippen LogP contribution in [0.4, 0.5) is 0 Å². The molecule has 18 heavy (non-hydrogen) atoms. The van der Waals surface area contributed by atoms with Crippen molar-refractivity contribution in [2.24, 2.45) is 11.8 Å². The molecule has 0 spiro atoms. The number of carbonyl (C=O) groups is 1. The first-order valence-electron chi connectivity index (χ1n) is 6.50. The van der Waals surface area contributed by atoms with Crippen molar-refractivity contribution in [3.63, 3.8) is 0 Å². The lowest BCUT2D eigenvalue weighted by Crippen LogP contribution is -2.26. The molecule has 98 valence electrons. The Balaban J connectivity index is 2.06. The van der Waals surface area contributed by atoms with Crippen LogP contribution in [0.1, 0.15) is 25.5 Å². The zero-order valence-corrected chi connectivity index (χ0v) is 11.3. The molecule has 0 aliphatic carbocycles. The van der Waals surface area contributed by atoms with Gasteiger partial charge in [0.1, 0.15) is 0 Å². The van der Waals surface area contributed by atoms with Gasteiger partial charge >= 0.3 is 5.97 Å². The lowest BCUT2D eigenvalue weighted by atomic mass is 9.99. The van der Waals surface area contributed by atoms with Gasteiger partial charge in [-0.3, -0.25) is 9.69 Å². The van der Waals surface area contributed by atoms with Crippen LogP contribution in [-0.4, -0.2) is 31.1 Å². The van der Waals surface area contributed by atoms with Crippen LogP contribution in [0.3, 0.4) is 0 Å². The summed E-state index contributed by atoms with van der Waals surface area (Å²) in [5.41, 5.74) is 1.30. The number of rotatable bonds is 3. The lowest BCUT2D eigenvalue weighted by molar-refractivity contribution is -0.146. The first-order chi connectivity index (χ1) is 8.63. The number of nitrogens with zero attached hydrogens (tertiary/aromatic N) is 1. The second-order valence-electron chi connectivity index (χ2n) is 5.15. The summed E-state index contributed by atoms with van der Waals surface area (Å²) < 4.78 is 4.87. The smallest absolute Gasteiger partial charge is 0.310 e. The normalized spacial score (nSPS) is 25.9. The predicted molar refractivity (Wildman–Crippen MR) is 71.1 cm³/mol. The van der Waals surface area contributed by atoms with E-state index in [4.69, 9.17) is 4.74 Å². The van der Waals surface area contributed by atoms with E-state index in [0.717, 1.165) is 13.1 Å². The molecule has 1 heterocycles. The largest absolute Gasteiger partial charge is 0.469 e. The molecule has 3 atom stereocenters. The van der Waals surface area contributed by atoms with Gasteiger partial charge in [-0.05, 0) is 18.4 Å². The Labute approximate surface area is 109 Å². The minimum absolute atomic E-state index is 0.0150. The number of carbonyl (C=O) groups excluding carboxylic acids is 1. The Morgan fingerprint density at radius 1 is 1.33 bits per heavy atom. The molecule has 3 unspecified atom stereocenters. The number of hydrogen-bond donors (Lipinski definition) is 0. The van der Waals surface area contributed by atoms with E-state index in [2.05, 4.69) is 43.0 Å². The first-order valence-corrected chi connectivity index (χ1v) is 6.50. The molecule has 1 saturated heterocycles. The van der Waals surface area contributed by atoms with Gasteiger partial charge in [0.2, 0.25) is 0 Å². The molecule has 1 aromatic carbocycles. The van der Waals surface area contributed by atoms with E-state index in [1.807, 2.05) is 6.07 Å². The molecular formula is C15H21NO2. The fourth-order valence-electron chi connectivity index (χ4n) is 2.72. The molecule has 1 aliphatic heterocycles. The lowest BCUT2D eigenvalue weighted by Gasteiger charge is -2.24. The maximum Gasteiger partial charge on any atom is 0.310 e. The van der Waals surface area contributed by atoms with E-state index in [9.17, 15) is 4.79 Å². The van der Waals surface area contributed by atoms with Crippen molar-refractivity contribution in [3.05, 3.63) is 35.9 Å². The van der Waals surface area contributed by atoms with Crippen molar-refractivity contribution in [3.8, 4) is 0 Å². The quantitative estimate of drug-likeness (QED) is 0.769. The van der Waals surface area contributed by atoms with Crippen LogP contribution >= 0.6 is 0 Å². The number of hydrogen-bond acceptors (Lipinski definition) is 3. The van der Waals surface area contributed by atoms with Crippen LogP contribution in [-0.2, 0) is 9.53 Å². The summed E-state index contributed by atoms with van der Waals surface area (Å²) in [5, 5.41) is 0. The van der Waals surface area contributed by atoms with Crippen LogP contribution in [0.2, 0.25) is 0 Å². The molecule has 0 amide bonds. The molecule has 3 nitrogen and oxygen atoms in total. The number of methoxy groups -OCH3 is 1. The minimum Gasteiger partial charge on any atom is -0.469 e. The molecular weight excluding hydrogens is 226 g/mol. The Kier molecular flexibility index (Phi) is 4.02. The van der Waals surface area contributed by atoms with Crippen LogP contribution in [0.25, 0.3) is 0 Å². The Hall–Kier alpha value is -1.35. The van der Waals surface area contributed by atoms with E-state index < -0.39 is 0 Å². The second kappa shape index (κ2) is 5.53. The van der Waals surface area contributed by atoms with Gasteiger partial charge in [0.05, 0.1) is 13.0 Å². The zero-order chi connectivity index (χ0) is 13.1. The average molecular weight is 247 g/mol. The van der Waals surface area contributed by atoms with Crippen molar-refractivity contribution < 1.29 is 9.53 Å². The van der Waals surface area contributed by atoms with Gasteiger partial charge in [0, 0.05) is 19.1 Å². The summed E-state index contributed by atoms with van der Waals surface area (Å²) in [5.74, 6) is 0.301. The number of esters is 1. The molecule has 1 aliphatic rings. The third-order valence-electron chi connectivity index (χ3n) is 3.97. The number of likely N-dealkylation sites (tertiary alicyclic amines) is 1. The monoisotopic (exact) mass is 247 g/mol. The van der Waals surface area contributed by atoms with Crippen molar-refractivity contribution in [1.82, 2.24) is 4.90 Å². The standard InChI is InChI=1S/C15H21NO2/c1-11-9-16(10-14(11)15(17)18-3)12(2)13-7-5-4-6-8-13/h4-8,11-12,14H,9-10H2,1-3H3. The average Bonchev–Trinajstić information content (AvgIpc) is 2.80. The fraction of sp³-hybridized carbons (Fsp3) is 0.533. The van der Waals surface area contributed by atoms with Crippen LogP contribution in [0.15, 0.2) is 30.3 Å². The highest BCUT2D eigenvalue weighted by molar-refractivity contribution is 5.73. The molecule has 1 fully saturated rings. The van der Waals surface area contributed by atoms with Crippen molar-refractivity contribution >= 4 is 5.97 Å². The molecule has 0 N–H and O–H groups in total. The van der Waals surface area contributed by atoms with Crippen LogP contribution in [0, 0.1) is 11.8 Å². The van der Waals surface area contributed by atoms with Crippen molar-refractivity contribution in [2.75, 3.05) is 20.2 Å². The molecule has 1 aromatic rings. The van der Waals surface area contributed by atoms with Crippen molar-refractivity contribution in [2.45, 2.75) is 19.9 Å². The molecule has 0 aromatic heterocycles. The summed E-state index contributed by atoms with van der Waals surface area (Å²) in [6.07, 6.45) is 0. The minimum atomic E-state index is -0.0785. The number of ether oxygens (including phenoxy) is 1. The molecule has 2 rings (SSSR count). The van der Waals surface area contributed by atoms with Crippen LogP contribution in [0.5, 0.6) is 0 Å². The first kappa shape index (κ1) is 13.1. The Bertz CT molecular complexity index is 404. The predicted octanol–water partition coefficient (Wildman–Crippen LogP) is 2.49. The van der Waals surface area contributed by atoms with Gasteiger partial charge in [0.15, 0.2) is 0 Å². The molecule has 0 radical (unpaired) electrons. The third kappa shape index (κ3) is 2.56. The maximum absolute atomic E-state index is 11.7. The van der Waals surface area contributed by atoms with Gasteiger partial charge in [-0.25, -0.2) is 0 Å². The van der Waals surface area contributed by atoms with E-state index in [-0.39, 0.29) is 11.9 Å².